The zero-order chi connectivity index (χ0) is 14.7. The van der Waals surface area contributed by atoms with Crippen molar-refractivity contribution in [1.82, 2.24) is 9.88 Å². The Morgan fingerprint density at radius 1 is 1.40 bits per heavy atom. The summed E-state index contributed by atoms with van der Waals surface area (Å²) in [6.07, 6.45) is 1.40. The van der Waals surface area contributed by atoms with E-state index in [1.807, 2.05) is 0 Å². The van der Waals surface area contributed by atoms with Crippen molar-refractivity contribution in [3.05, 3.63) is 58.6 Å². The molecule has 104 valence electrons. The van der Waals surface area contributed by atoms with E-state index in [-0.39, 0.29) is 28.7 Å². The number of halogens is 2. The second-order valence-corrected chi connectivity index (χ2v) is 4.75. The van der Waals surface area contributed by atoms with E-state index in [9.17, 15) is 9.18 Å². The molecule has 2 aromatic rings. The molecular weight excluding hydrogens is 281 g/mol. The molecule has 0 atom stereocenters. The molecule has 0 fully saturated rings. The number of nitrogens with two attached hydrogens (primary N) is 1. The lowest BCUT2D eigenvalue weighted by atomic mass is 10.2. The molecule has 0 aliphatic carbocycles. The van der Waals surface area contributed by atoms with Gasteiger partial charge in [0.25, 0.3) is 5.91 Å². The van der Waals surface area contributed by atoms with Crippen LogP contribution in [0.4, 0.5) is 10.1 Å². The predicted molar refractivity (Wildman–Crippen MR) is 75.9 cm³/mol. The molecule has 20 heavy (non-hydrogen) atoms. The molecule has 6 heteroatoms. The first-order chi connectivity index (χ1) is 9.49. The normalized spacial score (nSPS) is 10.3. The molecular formula is C14H13ClFN3O. The average Bonchev–Trinajstić information content (AvgIpc) is 2.43. The number of carbonyl (C=O) groups excluding carboxylic acids is 1. The Labute approximate surface area is 121 Å². The highest BCUT2D eigenvalue weighted by atomic mass is 35.5. The van der Waals surface area contributed by atoms with Gasteiger partial charge in [0.1, 0.15) is 11.5 Å². The second kappa shape index (κ2) is 5.88. The first kappa shape index (κ1) is 14.3. The molecule has 2 rings (SSSR count). The number of anilines is 1. The standard InChI is InChI=1S/C14H13ClFN3O/c1-19(8-10-11(15)3-2-4-12(10)16)14(20)13-6-5-9(17)7-18-13/h2-7H,8,17H2,1H3. The highest BCUT2D eigenvalue weighted by molar-refractivity contribution is 6.31. The molecule has 2 N–H and O–H groups in total. The van der Waals surface area contributed by atoms with Gasteiger partial charge >= 0.3 is 0 Å². The summed E-state index contributed by atoms with van der Waals surface area (Å²) in [6.45, 7) is 0.0659. The van der Waals surface area contributed by atoms with E-state index in [1.54, 1.807) is 19.2 Å². The Hall–Kier alpha value is -2.14. The number of hydrogen-bond donors (Lipinski definition) is 1. The van der Waals surface area contributed by atoms with Crippen LogP contribution in [0.3, 0.4) is 0 Å². The lowest BCUT2D eigenvalue weighted by Gasteiger charge is -2.18. The summed E-state index contributed by atoms with van der Waals surface area (Å²) in [5.74, 6) is -0.772. The Kier molecular flexibility index (Phi) is 4.20. The third kappa shape index (κ3) is 3.05. The summed E-state index contributed by atoms with van der Waals surface area (Å²) in [7, 11) is 1.56. The molecule has 1 amide bonds. The molecule has 0 saturated carbocycles. The Bertz CT molecular complexity index is 611. The summed E-state index contributed by atoms with van der Waals surface area (Å²) in [6, 6.07) is 7.52. The van der Waals surface area contributed by atoms with Crippen molar-refractivity contribution in [2.24, 2.45) is 0 Å². The van der Waals surface area contributed by atoms with Gasteiger partial charge in [-0.2, -0.15) is 0 Å². The summed E-state index contributed by atoms with van der Waals surface area (Å²) in [4.78, 5) is 17.4. The largest absolute Gasteiger partial charge is 0.397 e. The number of nitrogens with zero attached hydrogens (tertiary/aromatic N) is 2. The smallest absolute Gasteiger partial charge is 0.272 e. The number of hydrogen-bond acceptors (Lipinski definition) is 3. The fraction of sp³-hybridized carbons (Fsp3) is 0.143. The molecule has 1 aromatic carbocycles. The lowest BCUT2D eigenvalue weighted by molar-refractivity contribution is 0.0778. The summed E-state index contributed by atoms with van der Waals surface area (Å²) >= 11 is 5.93. The molecule has 0 spiro atoms. The van der Waals surface area contributed by atoms with Crippen molar-refractivity contribution in [2.75, 3.05) is 12.8 Å². The van der Waals surface area contributed by atoms with Crippen LogP contribution >= 0.6 is 11.6 Å². The minimum Gasteiger partial charge on any atom is -0.397 e. The van der Waals surface area contributed by atoms with Crippen molar-refractivity contribution in [2.45, 2.75) is 6.54 Å². The van der Waals surface area contributed by atoms with Gasteiger partial charge in [0.15, 0.2) is 0 Å². The van der Waals surface area contributed by atoms with Gasteiger partial charge in [-0.15, -0.1) is 0 Å². The number of pyridine rings is 1. The number of carbonyl (C=O) groups is 1. The van der Waals surface area contributed by atoms with Crippen LogP contribution in [0.15, 0.2) is 36.5 Å². The molecule has 4 nitrogen and oxygen atoms in total. The number of nitrogen functional groups attached to an aromatic ring is 1. The SMILES string of the molecule is CN(Cc1c(F)cccc1Cl)C(=O)c1ccc(N)cn1. The number of rotatable bonds is 3. The molecule has 0 radical (unpaired) electrons. The molecule has 1 aromatic heterocycles. The van der Waals surface area contributed by atoms with Gasteiger partial charge in [-0.05, 0) is 24.3 Å². The van der Waals surface area contributed by atoms with E-state index < -0.39 is 5.82 Å². The Morgan fingerprint density at radius 3 is 2.75 bits per heavy atom. The number of aromatic nitrogens is 1. The van der Waals surface area contributed by atoms with E-state index in [0.717, 1.165) is 0 Å². The highest BCUT2D eigenvalue weighted by Crippen LogP contribution is 2.20. The fourth-order valence-electron chi connectivity index (χ4n) is 1.72. The zero-order valence-corrected chi connectivity index (χ0v) is 11.6. The van der Waals surface area contributed by atoms with Gasteiger partial charge in [0.05, 0.1) is 18.4 Å². The van der Waals surface area contributed by atoms with Gasteiger partial charge < -0.3 is 10.6 Å². The van der Waals surface area contributed by atoms with Crippen molar-refractivity contribution in [3.8, 4) is 0 Å². The summed E-state index contributed by atoms with van der Waals surface area (Å²) in [5, 5.41) is 0.287. The van der Waals surface area contributed by atoms with Gasteiger partial charge in [0.2, 0.25) is 0 Å². The number of amides is 1. The van der Waals surface area contributed by atoms with Crippen LogP contribution < -0.4 is 5.73 Å². The average molecular weight is 294 g/mol. The minimum atomic E-state index is -0.442. The van der Waals surface area contributed by atoms with E-state index in [1.165, 1.54) is 29.3 Å². The molecule has 1 heterocycles. The third-order valence-electron chi connectivity index (χ3n) is 2.81. The third-order valence-corrected chi connectivity index (χ3v) is 3.16. The zero-order valence-electron chi connectivity index (χ0n) is 10.8. The minimum absolute atomic E-state index is 0.0659. The summed E-state index contributed by atoms with van der Waals surface area (Å²) in [5.41, 5.74) is 6.51. The lowest BCUT2D eigenvalue weighted by Crippen LogP contribution is -2.27. The van der Waals surface area contributed by atoms with E-state index in [0.29, 0.717) is 5.69 Å². The van der Waals surface area contributed by atoms with Crippen LogP contribution in [0.5, 0.6) is 0 Å². The first-order valence-corrected chi connectivity index (χ1v) is 6.26. The van der Waals surface area contributed by atoms with Crippen LogP contribution in [-0.4, -0.2) is 22.8 Å². The van der Waals surface area contributed by atoms with Crippen LogP contribution in [0.25, 0.3) is 0 Å². The van der Waals surface area contributed by atoms with E-state index in [4.69, 9.17) is 17.3 Å². The van der Waals surface area contributed by atoms with Crippen molar-refractivity contribution in [3.63, 3.8) is 0 Å². The van der Waals surface area contributed by atoms with Gasteiger partial charge in [-0.1, -0.05) is 17.7 Å². The van der Waals surface area contributed by atoms with Gasteiger partial charge in [-0.3, -0.25) is 4.79 Å². The highest BCUT2D eigenvalue weighted by Gasteiger charge is 2.16. The molecule has 0 aliphatic rings. The molecule has 0 unspecified atom stereocenters. The van der Waals surface area contributed by atoms with Gasteiger partial charge in [0, 0.05) is 17.6 Å². The second-order valence-electron chi connectivity index (χ2n) is 4.34. The summed E-state index contributed by atoms with van der Waals surface area (Å²) < 4.78 is 13.7. The fourth-order valence-corrected chi connectivity index (χ4v) is 1.94. The van der Waals surface area contributed by atoms with E-state index >= 15 is 0 Å². The van der Waals surface area contributed by atoms with E-state index in [2.05, 4.69) is 4.98 Å². The number of benzene rings is 1. The van der Waals surface area contributed by atoms with Gasteiger partial charge in [-0.25, -0.2) is 9.37 Å². The maximum absolute atomic E-state index is 13.7. The molecule has 0 aliphatic heterocycles. The van der Waals surface area contributed by atoms with Crippen molar-refractivity contribution < 1.29 is 9.18 Å². The Morgan fingerprint density at radius 2 is 2.15 bits per heavy atom. The molecule has 0 saturated heterocycles. The monoisotopic (exact) mass is 293 g/mol. The quantitative estimate of drug-likeness (QED) is 0.946. The van der Waals surface area contributed by atoms with Crippen molar-refractivity contribution >= 4 is 23.2 Å². The van der Waals surface area contributed by atoms with Crippen LogP contribution in [0, 0.1) is 5.82 Å². The Balaban J connectivity index is 2.17. The van der Waals surface area contributed by atoms with Crippen LogP contribution in [0.2, 0.25) is 5.02 Å². The van der Waals surface area contributed by atoms with Crippen molar-refractivity contribution in [1.29, 1.82) is 0 Å². The maximum atomic E-state index is 13.7. The van der Waals surface area contributed by atoms with Crippen LogP contribution in [-0.2, 0) is 6.54 Å². The first-order valence-electron chi connectivity index (χ1n) is 5.89. The topological polar surface area (TPSA) is 59.2 Å². The predicted octanol–water partition coefficient (Wildman–Crippen LogP) is 2.73. The molecule has 0 bridgehead atoms. The maximum Gasteiger partial charge on any atom is 0.272 e. The van der Waals surface area contributed by atoms with Crippen LogP contribution in [0.1, 0.15) is 16.1 Å².